The van der Waals surface area contributed by atoms with Crippen molar-refractivity contribution in [2.45, 2.75) is 78.7 Å². The molecule has 0 aliphatic carbocycles. The van der Waals surface area contributed by atoms with Crippen LogP contribution in [0.3, 0.4) is 0 Å². The summed E-state index contributed by atoms with van der Waals surface area (Å²) >= 11 is -0.144. The third-order valence-electron chi connectivity index (χ3n) is 5.02. The topological polar surface area (TPSA) is 57.2 Å². The molecule has 0 aromatic heterocycles. The van der Waals surface area contributed by atoms with Gasteiger partial charge in [0.05, 0.1) is 0 Å². The van der Waals surface area contributed by atoms with Gasteiger partial charge in [-0.1, -0.05) is 59.7 Å². The van der Waals surface area contributed by atoms with Gasteiger partial charge in [-0.25, -0.2) is 8.42 Å². The molecule has 0 aliphatic heterocycles. The molecular weight excluding hydrogens is 552 g/mol. The fraction of sp³-hybridized carbons (Fsp3) is 0.500. The van der Waals surface area contributed by atoms with E-state index in [0.29, 0.717) is 17.8 Å². The minimum Gasteiger partial charge on any atom is -0.741 e. The predicted octanol–water partition coefficient (Wildman–Crippen LogP) is 3.85. The van der Waals surface area contributed by atoms with E-state index >= 15 is 0 Å². The molecule has 0 amide bonds. The van der Waals surface area contributed by atoms with E-state index in [-0.39, 0.29) is 21.2 Å². The minimum atomic E-state index is -6.09. The largest absolute Gasteiger partial charge is 0.741 e. The molecule has 0 bridgehead atoms. The maximum atomic E-state index is 10.7. The molecule has 0 heterocycles. The van der Waals surface area contributed by atoms with Crippen molar-refractivity contribution in [2.24, 2.45) is 0 Å². The van der Waals surface area contributed by atoms with Crippen LogP contribution in [0, 0.1) is 21.0 Å². The first-order chi connectivity index (χ1) is 14.5. The number of hydrogen-bond acceptors (Lipinski definition) is 3. The van der Waals surface area contributed by atoms with E-state index in [2.05, 4.69) is 85.7 Å². The van der Waals surface area contributed by atoms with Crippen molar-refractivity contribution in [3.05, 3.63) is 65.3 Å². The molecule has 2 aromatic carbocycles. The smallest absolute Gasteiger partial charge is 0.485 e. The Labute approximate surface area is 200 Å². The van der Waals surface area contributed by atoms with E-state index in [9.17, 15) is 13.2 Å². The fourth-order valence-electron chi connectivity index (χ4n) is 2.85. The van der Waals surface area contributed by atoms with Crippen molar-refractivity contribution < 1.29 is 47.3 Å². The number of alkyl halides is 3. The van der Waals surface area contributed by atoms with Crippen LogP contribution in [0.1, 0.15) is 87.1 Å². The molecule has 0 unspecified atom stereocenters. The number of rotatable bonds is 5. The highest BCUT2D eigenvalue weighted by atomic mass is 127. The van der Waals surface area contributed by atoms with Gasteiger partial charge >= 0.3 is 26.7 Å². The Hall–Kier alpha value is -1.13. The van der Waals surface area contributed by atoms with Gasteiger partial charge in [0, 0.05) is 11.1 Å². The average molecular weight is 584 g/mol. The molecule has 0 atom stereocenters. The zero-order valence-corrected chi connectivity index (χ0v) is 22.7. The lowest BCUT2D eigenvalue weighted by atomic mass is 9.90. The quantitative estimate of drug-likeness (QED) is 0.305. The highest BCUT2D eigenvalue weighted by Gasteiger charge is 2.37. The standard InChI is InChI=1S/C23H32I.CHF3O3S/c1-14(2)19-12-21(15(3)4)23(22(13-19)16(5)6)24-20-10-9-17(7)18(8)11-20;2-1(3,4)8(5,6)7/h9-16H,1-8H3;(H,5,6,7)/q+1;/p-1. The molecule has 0 saturated heterocycles. The van der Waals surface area contributed by atoms with Crippen molar-refractivity contribution in [1.82, 2.24) is 0 Å². The first-order valence-electron chi connectivity index (χ1n) is 10.4. The van der Waals surface area contributed by atoms with Crippen LogP contribution in [-0.2, 0) is 10.1 Å². The lowest BCUT2D eigenvalue weighted by Crippen LogP contribution is -3.62. The van der Waals surface area contributed by atoms with E-state index in [1.807, 2.05) is 0 Å². The van der Waals surface area contributed by atoms with Gasteiger partial charge in [0.15, 0.2) is 13.7 Å². The molecule has 0 spiro atoms. The van der Waals surface area contributed by atoms with Crippen LogP contribution >= 0.6 is 0 Å². The Morgan fingerprint density at radius 2 is 1.25 bits per heavy atom. The van der Waals surface area contributed by atoms with Crippen molar-refractivity contribution in [3.8, 4) is 0 Å². The first-order valence-corrected chi connectivity index (χ1v) is 13.9. The first kappa shape index (κ1) is 28.9. The zero-order valence-electron chi connectivity index (χ0n) is 19.8. The Kier molecular flexibility index (Phi) is 10.2. The molecule has 0 fully saturated rings. The molecule has 8 heteroatoms. The van der Waals surface area contributed by atoms with Gasteiger partial charge in [-0.15, -0.1) is 0 Å². The molecule has 32 heavy (non-hydrogen) atoms. The van der Waals surface area contributed by atoms with Crippen LogP contribution in [0.4, 0.5) is 13.2 Å². The second kappa shape index (κ2) is 11.3. The summed E-state index contributed by atoms with van der Waals surface area (Å²) in [6.07, 6.45) is 0. The van der Waals surface area contributed by atoms with Gasteiger partial charge in [-0.3, -0.25) is 0 Å². The van der Waals surface area contributed by atoms with E-state index in [0.717, 1.165) is 0 Å². The number of halogens is 4. The van der Waals surface area contributed by atoms with Gasteiger partial charge in [0.1, 0.15) is 0 Å². The monoisotopic (exact) mass is 584 g/mol. The summed E-state index contributed by atoms with van der Waals surface area (Å²) in [6.45, 7) is 18.4. The van der Waals surface area contributed by atoms with Gasteiger partial charge in [0.2, 0.25) is 3.57 Å². The molecule has 2 rings (SSSR count). The molecule has 180 valence electrons. The second-order valence-corrected chi connectivity index (χ2v) is 12.9. The van der Waals surface area contributed by atoms with Gasteiger partial charge in [-0.05, 0) is 60.4 Å². The molecule has 2 aromatic rings. The van der Waals surface area contributed by atoms with Crippen LogP contribution < -0.4 is 21.2 Å². The van der Waals surface area contributed by atoms with Crippen molar-refractivity contribution in [3.63, 3.8) is 0 Å². The average Bonchev–Trinajstić information content (AvgIpc) is 2.63. The highest BCUT2D eigenvalue weighted by Crippen LogP contribution is 2.27. The Morgan fingerprint density at radius 1 is 0.812 bits per heavy atom. The lowest BCUT2D eigenvalue weighted by molar-refractivity contribution is -0.599. The third-order valence-corrected chi connectivity index (χ3v) is 8.66. The van der Waals surface area contributed by atoms with Gasteiger partial charge < -0.3 is 4.55 Å². The summed E-state index contributed by atoms with van der Waals surface area (Å²) in [4.78, 5) is 0. The van der Waals surface area contributed by atoms with Gasteiger partial charge in [0.25, 0.3) is 0 Å². The Morgan fingerprint density at radius 3 is 1.56 bits per heavy atom. The third kappa shape index (κ3) is 8.02. The van der Waals surface area contributed by atoms with Crippen molar-refractivity contribution in [1.29, 1.82) is 0 Å². The molecular formula is C24H32F3IO3S. The summed E-state index contributed by atoms with van der Waals surface area (Å²) in [5, 5.41) is 0. The molecule has 0 aliphatic rings. The highest BCUT2D eigenvalue weighted by molar-refractivity contribution is 7.86. The maximum Gasteiger partial charge on any atom is 0.485 e. The van der Waals surface area contributed by atoms with E-state index < -0.39 is 15.6 Å². The summed E-state index contributed by atoms with van der Waals surface area (Å²) < 4.78 is 62.1. The summed E-state index contributed by atoms with van der Waals surface area (Å²) in [5.41, 5.74) is 1.82. The van der Waals surface area contributed by atoms with Crippen LogP contribution in [0.2, 0.25) is 0 Å². The number of aryl methyl sites for hydroxylation is 2. The number of hydrogen-bond donors (Lipinski definition) is 0. The maximum absolute atomic E-state index is 10.7. The van der Waals surface area contributed by atoms with E-state index in [1.54, 1.807) is 14.7 Å². The van der Waals surface area contributed by atoms with Crippen molar-refractivity contribution in [2.75, 3.05) is 0 Å². The van der Waals surface area contributed by atoms with E-state index in [1.165, 1.54) is 20.3 Å². The Bertz CT molecular complexity index is 998. The van der Waals surface area contributed by atoms with Crippen LogP contribution in [0.25, 0.3) is 0 Å². The minimum absolute atomic E-state index is 0.144. The van der Waals surface area contributed by atoms with Gasteiger partial charge in [-0.2, -0.15) is 13.2 Å². The molecule has 0 saturated carbocycles. The van der Waals surface area contributed by atoms with Crippen molar-refractivity contribution >= 4 is 10.1 Å². The second-order valence-electron chi connectivity index (χ2n) is 8.70. The molecule has 3 nitrogen and oxygen atoms in total. The summed E-state index contributed by atoms with van der Waals surface area (Å²) in [7, 11) is -6.09. The van der Waals surface area contributed by atoms with E-state index in [4.69, 9.17) is 13.0 Å². The molecule has 0 radical (unpaired) electrons. The summed E-state index contributed by atoms with van der Waals surface area (Å²) in [6, 6.07) is 12.0. The Balaban J connectivity index is 0.000000547. The number of benzene rings is 2. The molecule has 0 N–H and O–H groups in total. The lowest BCUT2D eigenvalue weighted by Gasteiger charge is -2.17. The zero-order chi connectivity index (χ0) is 25.0. The summed E-state index contributed by atoms with van der Waals surface area (Å²) in [5.74, 6) is 1.76. The van der Waals surface area contributed by atoms with Crippen LogP contribution in [-0.4, -0.2) is 18.5 Å². The predicted molar refractivity (Wildman–Crippen MR) is 118 cm³/mol. The normalized spacial score (nSPS) is 12.3. The SMILES string of the molecule is Cc1ccc([I+]c2c(C(C)C)cc(C(C)C)cc2C(C)C)cc1C.O=S(=O)([O-])C(F)(F)F. The fourth-order valence-corrected chi connectivity index (χ4v) is 6.63. The van der Waals surface area contributed by atoms with Crippen LogP contribution in [0.15, 0.2) is 30.3 Å². The van der Waals surface area contributed by atoms with Crippen LogP contribution in [0.5, 0.6) is 0 Å².